The van der Waals surface area contributed by atoms with Crippen LogP contribution in [-0.2, 0) is 23.8 Å². The van der Waals surface area contributed by atoms with Crippen LogP contribution in [-0.4, -0.2) is 86.0 Å². The van der Waals surface area contributed by atoms with Crippen molar-refractivity contribution in [1.82, 2.24) is 4.90 Å². The molecule has 2 unspecified atom stereocenters. The second-order valence-electron chi connectivity index (χ2n) is 8.19. The zero-order valence-corrected chi connectivity index (χ0v) is 19.2. The van der Waals surface area contributed by atoms with Crippen molar-refractivity contribution in [3.8, 4) is 0 Å². The van der Waals surface area contributed by atoms with Gasteiger partial charge in [0.2, 0.25) is 5.90 Å². The second kappa shape index (κ2) is 9.87. The van der Waals surface area contributed by atoms with Gasteiger partial charge in [-0.25, -0.2) is 13.6 Å². The largest absolute Gasteiger partial charge is 0.473 e. The Labute approximate surface area is 200 Å². The Kier molecular flexibility index (Phi) is 6.91. The normalized spacial score (nSPS) is 23.6. The quantitative estimate of drug-likeness (QED) is 0.255. The van der Waals surface area contributed by atoms with E-state index in [1.807, 2.05) is 4.90 Å². The predicted octanol–water partition coefficient (Wildman–Crippen LogP) is 1.41. The van der Waals surface area contributed by atoms with Crippen LogP contribution < -0.4 is 9.80 Å². The number of thiol groups is 1. The maximum Gasteiger partial charge on any atom is 0.414 e. The molecule has 3 heterocycles. The molecule has 0 spiro atoms. The number of likely N-dealkylation sites (tertiary alicyclic amines) is 1. The summed E-state index contributed by atoms with van der Waals surface area (Å²) in [5, 5.41) is 7.49. The number of piperazine rings is 1. The lowest BCUT2D eigenvalue weighted by Gasteiger charge is -2.35. The topological polar surface area (TPSA) is 125 Å². The van der Waals surface area contributed by atoms with E-state index in [9.17, 15) is 14.4 Å². The average Bonchev–Trinajstić information content (AvgIpc) is 3.50. The summed E-state index contributed by atoms with van der Waals surface area (Å²) in [5.74, 6) is -1.46. The van der Waals surface area contributed by atoms with Crippen LogP contribution in [0.15, 0.2) is 22.6 Å². The van der Waals surface area contributed by atoms with Crippen LogP contribution >= 0.6 is 12.8 Å². The first-order valence-electron chi connectivity index (χ1n) is 10.6. The number of nitrogens with one attached hydrogen (secondary N) is 1. The zero-order valence-electron chi connectivity index (χ0n) is 18.3. The van der Waals surface area contributed by atoms with Gasteiger partial charge in [0.25, 0.3) is 5.91 Å². The molecule has 3 aliphatic rings. The number of hydrogen-bond acceptors (Lipinski definition) is 10. The van der Waals surface area contributed by atoms with Crippen LogP contribution in [0.2, 0.25) is 0 Å². The number of esters is 1. The molecule has 2 amide bonds. The summed E-state index contributed by atoms with van der Waals surface area (Å²) >= 11 is 3.61. The molecule has 34 heavy (non-hydrogen) atoms. The summed E-state index contributed by atoms with van der Waals surface area (Å²) in [6, 6.07) is 4.43. The molecule has 4 rings (SSSR count). The molecular formula is C21H24FN5O6S. The minimum Gasteiger partial charge on any atom is -0.473 e. The van der Waals surface area contributed by atoms with E-state index < -0.39 is 24.0 Å². The van der Waals surface area contributed by atoms with Gasteiger partial charge in [0.05, 0.1) is 30.2 Å². The Morgan fingerprint density at radius 1 is 1.29 bits per heavy atom. The molecule has 2 bridgehead atoms. The van der Waals surface area contributed by atoms with Crippen molar-refractivity contribution in [3.05, 3.63) is 24.0 Å². The molecule has 0 aromatic heterocycles. The first-order valence-corrected chi connectivity index (χ1v) is 11.0. The summed E-state index contributed by atoms with van der Waals surface area (Å²) in [7, 11) is 0. The van der Waals surface area contributed by atoms with E-state index in [0.29, 0.717) is 30.9 Å². The van der Waals surface area contributed by atoms with Crippen molar-refractivity contribution < 1.29 is 33.0 Å². The third kappa shape index (κ3) is 4.93. The molecule has 3 saturated heterocycles. The molecule has 0 radical (unpaired) electrons. The Morgan fingerprint density at radius 3 is 2.74 bits per heavy atom. The van der Waals surface area contributed by atoms with Crippen LogP contribution in [0.4, 0.5) is 20.6 Å². The van der Waals surface area contributed by atoms with Gasteiger partial charge in [0, 0.05) is 26.1 Å². The lowest BCUT2D eigenvalue weighted by molar-refractivity contribution is -0.150. The van der Waals surface area contributed by atoms with E-state index in [1.54, 1.807) is 17.0 Å². The number of benzene rings is 1. The minimum atomic E-state index is -0.627. The fourth-order valence-electron chi connectivity index (χ4n) is 4.50. The highest BCUT2D eigenvalue weighted by Crippen LogP contribution is 2.37. The van der Waals surface area contributed by atoms with Crippen molar-refractivity contribution >= 4 is 54.3 Å². The van der Waals surface area contributed by atoms with E-state index in [2.05, 4.69) is 17.2 Å². The van der Waals surface area contributed by atoms with Crippen molar-refractivity contribution in [2.45, 2.75) is 31.5 Å². The number of hydrogen-bond donors (Lipinski definition) is 2. The first-order chi connectivity index (χ1) is 16.3. The van der Waals surface area contributed by atoms with Crippen LogP contribution in [0.25, 0.3) is 0 Å². The summed E-state index contributed by atoms with van der Waals surface area (Å²) in [4.78, 5) is 40.4. The fourth-order valence-corrected chi connectivity index (χ4v) is 4.61. The molecular weight excluding hydrogens is 469 g/mol. The smallest absolute Gasteiger partial charge is 0.414 e. The molecule has 1 aromatic rings. The zero-order chi connectivity index (χ0) is 24.4. The fraction of sp³-hybridized carbons (Fsp3) is 0.476. The number of amides is 2. The third-order valence-corrected chi connectivity index (χ3v) is 6.10. The van der Waals surface area contributed by atoms with Gasteiger partial charge < -0.3 is 24.0 Å². The predicted molar refractivity (Wildman–Crippen MR) is 123 cm³/mol. The Balaban J connectivity index is 1.36. The maximum absolute atomic E-state index is 15.1. The Morgan fingerprint density at radius 2 is 2.09 bits per heavy atom. The van der Waals surface area contributed by atoms with Crippen LogP contribution in [0.5, 0.6) is 0 Å². The first kappa shape index (κ1) is 23.8. The number of ether oxygens (including phenoxy) is 3. The summed E-state index contributed by atoms with van der Waals surface area (Å²) < 4.78 is 33.6. The molecule has 1 N–H and O–H groups in total. The second-order valence-corrected chi connectivity index (χ2v) is 8.42. The number of carbonyl (C=O) groups excluding carboxylic acids is 3. The monoisotopic (exact) mass is 493 g/mol. The number of rotatable bonds is 7. The van der Waals surface area contributed by atoms with Gasteiger partial charge in [-0.3, -0.25) is 19.9 Å². The van der Waals surface area contributed by atoms with Gasteiger partial charge in [0.1, 0.15) is 12.4 Å². The van der Waals surface area contributed by atoms with E-state index >= 15 is 4.39 Å². The summed E-state index contributed by atoms with van der Waals surface area (Å²) in [6.45, 7) is 1.98. The number of carbonyl (C=O) groups is 3. The molecule has 3 fully saturated rings. The Hall–Kier alpha value is -3.35. The van der Waals surface area contributed by atoms with Crippen LogP contribution in [0.1, 0.15) is 13.3 Å². The van der Waals surface area contributed by atoms with E-state index in [0.717, 1.165) is 6.21 Å². The van der Waals surface area contributed by atoms with E-state index in [1.165, 1.54) is 17.9 Å². The SMILES string of the molecule is CC(=O)OCC(=O)N1CC2CC1CN2c1ccc(N2C[C@H](COC(=N)/C=N\S)OC2=O)cc1F. The lowest BCUT2D eigenvalue weighted by atomic mass is 10.2. The van der Waals surface area contributed by atoms with Gasteiger partial charge in [-0.15, -0.1) is 0 Å². The standard InChI is InChI=1S/C21H24FN5O6S/c1-12(28)31-11-20(29)26-8-14-4-15(26)7-25(14)18-3-2-13(5-17(18)22)27-9-16(33-21(27)30)10-32-19(23)6-24-34/h2-3,5-6,14-16,23,34H,4,7-11H2,1H3/b23-19?,24-6-/t14?,15?,16-/m1/s1. The molecule has 1 aromatic carbocycles. The molecule has 0 aliphatic carbocycles. The highest BCUT2D eigenvalue weighted by Gasteiger charge is 2.46. The molecule has 11 nitrogen and oxygen atoms in total. The number of nitrogens with zero attached hydrogens (tertiary/aromatic N) is 4. The highest BCUT2D eigenvalue weighted by atomic mass is 32.1. The number of halogens is 1. The summed E-state index contributed by atoms with van der Waals surface area (Å²) in [6.07, 6.45) is 0.567. The highest BCUT2D eigenvalue weighted by molar-refractivity contribution is 7.79. The van der Waals surface area contributed by atoms with Crippen LogP contribution in [0.3, 0.4) is 0 Å². The summed E-state index contributed by atoms with van der Waals surface area (Å²) in [5.41, 5.74) is 0.749. The van der Waals surface area contributed by atoms with Gasteiger partial charge >= 0.3 is 12.1 Å². The van der Waals surface area contributed by atoms with E-state index in [4.69, 9.17) is 19.6 Å². The van der Waals surface area contributed by atoms with Crippen molar-refractivity contribution in [2.75, 3.05) is 42.6 Å². The maximum atomic E-state index is 15.1. The van der Waals surface area contributed by atoms with E-state index in [-0.39, 0.29) is 43.6 Å². The van der Waals surface area contributed by atoms with Gasteiger partial charge in [-0.05, 0) is 37.4 Å². The number of fused-ring (bicyclic) bond motifs is 2. The molecule has 0 saturated carbocycles. The van der Waals surface area contributed by atoms with Crippen molar-refractivity contribution in [1.29, 1.82) is 5.41 Å². The third-order valence-electron chi connectivity index (χ3n) is 5.99. The van der Waals surface area contributed by atoms with Crippen LogP contribution in [0, 0.1) is 11.2 Å². The van der Waals surface area contributed by atoms with Crippen molar-refractivity contribution in [2.24, 2.45) is 4.40 Å². The van der Waals surface area contributed by atoms with Gasteiger partial charge in [-0.1, -0.05) is 0 Å². The van der Waals surface area contributed by atoms with Crippen molar-refractivity contribution in [3.63, 3.8) is 0 Å². The molecule has 182 valence electrons. The lowest BCUT2D eigenvalue weighted by Crippen LogP contribution is -2.50. The Bertz CT molecular complexity index is 1040. The molecule has 3 aliphatic heterocycles. The molecule has 13 heteroatoms. The van der Waals surface area contributed by atoms with Gasteiger partial charge in [0.15, 0.2) is 12.7 Å². The van der Waals surface area contributed by atoms with Gasteiger partial charge in [-0.2, -0.15) is 0 Å². The average molecular weight is 494 g/mol. The molecule has 3 atom stereocenters. The minimum absolute atomic E-state index is 0.0367. The number of cyclic esters (lactones) is 1. The number of anilines is 2.